The number of piperidine rings is 1. The summed E-state index contributed by atoms with van der Waals surface area (Å²) in [6.45, 7) is 8.12. The quantitative estimate of drug-likeness (QED) is 0.684. The van der Waals surface area contributed by atoms with Crippen molar-refractivity contribution in [3.8, 4) is 11.6 Å². The number of hydrogen-bond acceptors (Lipinski definition) is 6. The number of likely N-dealkylation sites (tertiary alicyclic amines) is 1. The Hall–Kier alpha value is -2.12. The fourth-order valence-electron chi connectivity index (χ4n) is 3.28. The third-order valence-corrected chi connectivity index (χ3v) is 5.72. The van der Waals surface area contributed by atoms with Crippen LogP contribution in [-0.2, 0) is 4.79 Å². The van der Waals surface area contributed by atoms with Crippen LogP contribution in [0.4, 0.5) is 0 Å². The smallest absolute Gasteiger partial charge is 0.252 e. The van der Waals surface area contributed by atoms with Crippen LogP contribution in [0.15, 0.2) is 41.7 Å². The molecule has 0 spiro atoms. The standard InChI is InChI=1S/C21H28N4O2S/c1-16-6-5-12-25(14-16)13-11-22-19(26)15-28-21-20(23-9-10-24-21)27-18-8-4-3-7-17(18)2/h3-4,7-10,16H,5-6,11-15H2,1-2H3,(H,22,26)/t16-/m1/s1. The van der Waals surface area contributed by atoms with Crippen molar-refractivity contribution in [2.75, 3.05) is 31.9 Å². The topological polar surface area (TPSA) is 67.3 Å². The molecule has 1 aliphatic rings. The lowest BCUT2D eigenvalue weighted by Gasteiger charge is -2.30. The van der Waals surface area contributed by atoms with E-state index < -0.39 is 0 Å². The minimum atomic E-state index is 0.00236. The number of hydrogen-bond donors (Lipinski definition) is 1. The van der Waals surface area contributed by atoms with Crippen LogP contribution < -0.4 is 10.1 Å². The monoisotopic (exact) mass is 400 g/mol. The minimum Gasteiger partial charge on any atom is -0.436 e. The summed E-state index contributed by atoms with van der Waals surface area (Å²) >= 11 is 1.34. The first-order valence-electron chi connectivity index (χ1n) is 9.78. The molecule has 7 heteroatoms. The van der Waals surface area contributed by atoms with E-state index in [9.17, 15) is 4.79 Å². The predicted octanol–water partition coefficient (Wildman–Crippen LogP) is 3.52. The van der Waals surface area contributed by atoms with Crippen LogP contribution >= 0.6 is 11.8 Å². The van der Waals surface area contributed by atoms with E-state index in [1.807, 2.05) is 31.2 Å². The molecule has 28 heavy (non-hydrogen) atoms. The summed E-state index contributed by atoms with van der Waals surface area (Å²) in [5.74, 6) is 2.21. The maximum Gasteiger partial charge on any atom is 0.252 e. The first-order valence-corrected chi connectivity index (χ1v) is 10.8. The number of para-hydroxylation sites is 1. The summed E-state index contributed by atoms with van der Waals surface area (Å²) in [6, 6.07) is 7.76. The van der Waals surface area contributed by atoms with Crippen molar-refractivity contribution in [1.82, 2.24) is 20.2 Å². The molecule has 6 nitrogen and oxygen atoms in total. The Balaban J connectivity index is 1.46. The lowest BCUT2D eigenvalue weighted by Crippen LogP contribution is -2.40. The van der Waals surface area contributed by atoms with Crippen molar-refractivity contribution in [1.29, 1.82) is 0 Å². The van der Waals surface area contributed by atoms with Gasteiger partial charge in [0.15, 0.2) is 5.03 Å². The summed E-state index contributed by atoms with van der Waals surface area (Å²) in [6.07, 6.45) is 5.77. The van der Waals surface area contributed by atoms with Crippen LogP contribution in [0.3, 0.4) is 0 Å². The molecule has 1 atom stereocenters. The lowest BCUT2D eigenvalue weighted by molar-refractivity contribution is -0.118. The number of aromatic nitrogens is 2. The number of rotatable bonds is 8. The SMILES string of the molecule is Cc1ccccc1Oc1nccnc1SCC(=O)NCCN1CCC[C@@H](C)C1. The predicted molar refractivity (Wildman–Crippen MR) is 112 cm³/mol. The van der Waals surface area contributed by atoms with E-state index in [0.29, 0.717) is 23.2 Å². The van der Waals surface area contributed by atoms with Gasteiger partial charge >= 0.3 is 0 Å². The number of carbonyl (C=O) groups excluding carboxylic acids is 1. The average molecular weight is 401 g/mol. The van der Waals surface area contributed by atoms with Crippen LogP contribution in [0.25, 0.3) is 0 Å². The summed E-state index contributed by atoms with van der Waals surface area (Å²) in [4.78, 5) is 23.2. The van der Waals surface area contributed by atoms with Crippen molar-refractivity contribution in [3.63, 3.8) is 0 Å². The first-order chi connectivity index (χ1) is 13.6. The highest BCUT2D eigenvalue weighted by molar-refractivity contribution is 8.00. The van der Waals surface area contributed by atoms with E-state index in [4.69, 9.17) is 4.74 Å². The molecule has 1 aromatic carbocycles. The molecule has 150 valence electrons. The summed E-state index contributed by atoms with van der Waals surface area (Å²) in [7, 11) is 0. The Morgan fingerprint density at radius 3 is 2.96 bits per heavy atom. The second-order valence-electron chi connectivity index (χ2n) is 7.22. The Labute approximate surface area is 171 Å². The fourth-order valence-corrected chi connectivity index (χ4v) is 4.01. The lowest BCUT2D eigenvalue weighted by atomic mass is 10.0. The second-order valence-corrected chi connectivity index (χ2v) is 8.18. The third kappa shape index (κ3) is 6.21. The van der Waals surface area contributed by atoms with Crippen LogP contribution in [-0.4, -0.2) is 52.7 Å². The van der Waals surface area contributed by atoms with Crippen LogP contribution in [0.5, 0.6) is 11.6 Å². The number of thioether (sulfide) groups is 1. The van der Waals surface area contributed by atoms with Crippen molar-refractivity contribution in [3.05, 3.63) is 42.2 Å². The third-order valence-electron chi connectivity index (χ3n) is 4.76. The molecule has 2 aromatic rings. The molecule has 1 fully saturated rings. The van der Waals surface area contributed by atoms with Crippen molar-refractivity contribution >= 4 is 17.7 Å². The van der Waals surface area contributed by atoms with Gasteiger partial charge in [-0.2, -0.15) is 0 Å². The Bertz CT molecular complexity index is 787. The van der Waals surface area contributed by atoms with Gasteiger partial charge in [-0.15, -0.1) is 0 Å². The highest BCUT2D eigenvalue weighted by atomic mass is 32.2. The number of nitrogens with one attached hydrogen (secondary N) is 1. The molecule has 3 rings (SSSR count). The number of ether oxygens (including phenoxy) is 1. The van der Waals surface area contributed by atoms with Crippen molar-refractivity contribution in [2.45, 2.75) is 31.7 Å². The molecule has 1 aliphatic heterocycles. The zero-order valence-electron chi connectivity index (χ0n) is 16.6. The zero-order valence-corrected chi connectivity index (χ0v) is 17.4. The number of nitrogens with zero attached hydrogens (tertiary/aromatic N) is 3. The van der Waals surface area contributed by atoms with E-state index >= 15 is 0 Å². The van der Waals surface area contributed by atoms with Gasteiger partial charge in [-0.25, -0.2) is 9.97 Å². The maximum absolute atomic E-state index is 12.2. The van der Waals surface area contributed by atoms with E-state index in [-0.39, 0.29) is 5.91 Å². The fraction of sp³-hybridized carbons (Fsp3) is 0.476. The Kier molecular flexibility index (Phi) is 7.68. The Morgan fingerprint density at radius 2 is 2.14 bits per heavy atom. The summed E-state index contributed by atoms with van der Waals surface area (Å²) < 4.78 is 5.91. The molecule has 1 N–H and O–H groups in total. The van der Waals surface area contributed by atoms with Gasteiger partial charge in [0.2, 0.25) is 5.91 Å². The minimum absolute atomic E-state index is 0.00236. The normalized spacial score (nSPS) is 17.3. The summed E-state index contributed by atoms with van der Waals surface area (Å²) in [5.41, 5.74) is 1.02. The number of aryl methyl sites for hydroxylation is 1. The van der Waals surface area contributed by atoms with Gasteiger partial charge in [-0.3, -0.25) is 4.79 Å². The van der Waals surface area contributed by atoms with Crippen molar-refractivity contribution in [2.24, 2.45) is 5.92 Å². The Morgan fingerprint density at radius 1 is 1.32 bits per heavy atom. The number of benzene rings is 1. The van der Waals surface area contributed by atoms with E-state index in [0.717, 1.165) is 36.9 Å². The maximum atomic E-state index is 12.2. The van der Waals surface area contributed by atoms with Crippen LogP contribution in [0.2, 0.25) is 0 Å². The van der Waals surface area contributed by atoms with Gasteiger partial charge in [0.05, 0.1) is 5.75 Å². The number of amides is 1. The van der Waals surface area contributed by atoms with Gasteiger partial charge in [0, 0.05) is 32.0 Å². The molecule has 0 saturated carbocycles. The molecular formula is C21H28N4O2S. The van der Waals surface area contributed by atoms with Gasteiger partial charge in [-0.1, -0.05) is 36.9 Å². The van der Waals surface area contributed by atoms with Crippen LogP contribution in [0, 0.1) is 12.8 Å². The van der Waals surface area contributed by atoms with Gasteiger partial charge in [0.25, 0.3) is 5.88 Å². The van der Waals surface area contributed by atoms with Crippen LogP contribution in [0.1, 0.15) is 25.3 Å². The molecule has 1 saturated heterocycles. The first kappa shape index (κ1) is 20.6. The molecule has 0 radical (unpaired) electrons. The molecule has 0 aliphatic carbocycles. The highest BCUT2D eigenvalue weighted by Gasteiger charge is 2.16. The van der Waals surface area contributed by atoms with E-state index in [1.54, 1.807) is 12.4 Å². The largest absolute Gasteiger partial charge is 0.436 e. The molecular weight excluding hydrogens is 372 g/mol. The zero-order chi connectivity index (χ0) is 19.8. The molecule has 0 unspecified atom stereocenters. The van der Waals surface area contributed by atoms with Gasteiger partial charge in [0.1, 0.15) is 5.75 Å². The van der Waals surface area contributed by atoms with E-state index in [1.165, 1.54) is 24.6 Å². The second kappa shape index (κ2) is 10.4. The highest BCUT2D eigenvalue weighted by Crippen LogP contribution is 2.30. The molecule has 1 amide bonds. The molecule has 1 aromatic heterocycles. The summed E-state index contributed by atoms with van der Waals surface area (Å²) in [5, 5.41) is 3.62. The van der Waals surface area contributed by atoms with E-state index in [2.05, 4.69) is 27.1 Å². The van der Waals surface area contributed by atoms with Gasteiger partial charge in [-0.05, 0) is 43.9 Å². The number of carbonyl (C=O) groups is 1. The molecule has 0 bridgehead atoms. The molecule has 2 heterocycles. The van der Waals surface area contributed by atoms with Gasteiger partial charge < -0.3 is 15.0 Å². The average Bonchev–Trinajstić information content (AvgIpc) is 2.69. The van der Waals surface area contributed by atoms with Crippen molar-refractivity contribution < 1.29 is 9.53 Å².